The Morgan fingerprint density at radius 3 is 1.80 bits per heavy atom. The van der Waals surface area contributed by atoms with Gasteiger partial charge in [0.1, 0.15) is 6.10 Å². The normalized spacial score (nSPS) is 16.4. The van der Waals surface area contributed by atoms with E-state index in [0.717, 1.165) is 12.5 Å². The van der Waals surface area contributed by atoms with E-state index in [1.807, 2.05) is 4.90 Å². The molecule has 0 aliphatic carbocycles. The molecule has 1 aliphatic heterocycles. The summed E-state index contributed by atoms with van der Waals surface area (Å²) in [5.74, 6) is -0.604. The zero-order valence-corrected chi connectivity index (χ0v) is 21.1. The van der Waals surface area contributed by atoms with Gasteiger partial charge in [-0.05, 0) is 67.9 Å². The topological polar surface area (TPSA) is 150 Å². The van der Waals surface area contributed by atoms with Crippen LogP contribution in [0.25, 0.3) is 0 Å². The number of likely N-dealkylation sites (tertiary alicyclic amines) is 1. The Bertz CT molecular complexity index is 1270. The minimum atomic E-state index is -3.42. The van der Waals surface area contributed by atoms with Crippen LogP contribution in [0.2, 0.25) is 0 Å². The van der Waals surface area contributed by atoms with Crippen molar-refractivity contribution in [3.05, 3.63) is 59.7 Å². The molecule has 12 heteroatoms. The highest BCUT2D eigenvalue weighted by molar-refractivity contribution is 7.92. The number of aliphatic hydroxyl groups is 1. The molecule has 0 amide bonds. The zero-order chi connectivity index (χ0) is 25.8. The van der Waals surface area contributed by atoms with Crippen LogP contribution < -0.4 is 9.44 Å². The molecular weight excluding hydrogens is 494 g/mol. The van der Waals surface area contributed by atoms with Crippen LogP contribution in [-0.4, -0.2) is 70.6 Å². The molecule has 190 valence electrons. The third kappa shape index (κ3) is 8.13. The average Bonchev–Trinajstić information content (AvgIpc) is 2.77. The van der Waals surface area contributed by atoms with Crippen LogP contribution in [0.15, 0.2) is 48.5 Å². The number of aliphatic hydroxyl groups excluding tert-OH is 1. The van der Waals surface area contributed by atoms with Crippen LogP contribution in [0.5, 0.6) is 0 Å². The first-order valence-corrected chi connectivity index (χ1v) is 14.7. The summed E-state index contributed by atoms with van der Waals surface area (Å²) in [6.45, 7) is 1.09. The molecule has 0 aromatic heterocycles. The van der Waals surface area contributed by atoms with Crippen molar-refractivity contribution < 1.29 is 31.5 Å². The number of nitrogens with one attached hydrogen (secondary N) is 2. The lowest BCUT2D eigenvalue weighted by molar-refractivity contribution is -0.128. The lowest BCUT2D eigenvalue weighted by Crippen LogP contribution is -2.40. The molecule has 0 spiro atoms. The number of sulfonamides is 2. The Kier molecular flexibility index (Phi) is 8.31. The van der Waals surface area contributed by atoms with Gasteiger partial charge in [-0.15, -0.1) is 0 Å². The van der Waals surface area contributed by atoms with Crippen molar-refractivity contribution >= 4 is 43.0 Å². The van der Waals surface area contributed by atoms with Gasteiger partial charge in [0.05, 0.1) is 19.1 Å². The lowest BCUT2D eigenvalue weighted by atomic mass is 9.88. The molecule has 1 unspecified atom stereocenters. The molecule has 10 nitrogen and oxygen atoms in total. The van der Waals surface area contributed by atoms with Gasteiger partial charge in [-0.1, -0.05) is 12.1 Å². The number of rotatable bonds is 10. The highest BCUT2D eigenvalue weighted by atomic mass is 32.2. The molecule has 35 heavy (non-hydrogen) atoms. The number of hydrogen-bond acceptors (Lipinski definition) is 8. The molecule has 1 heterocycles. The smallest absolute Gasteiger partial charge is 0.229 e. The van der Waals surface area contributed by atoms with E-state index in [1.165, 1.54) is 24.3 Å². The van der Waals surface area contributed by atoms with E-state index >= 15 is 0 Å². The van der Waals surface area contributed by atoms with Gasteiger partial charge in [0.2, 0.25) is 20.0 Å². The number of piperidine rings is 1. The van der Waals surface area contributed by atoms with Crippen molar-refractivity contribution in [1.82, 2.24) is 4.90 Å². The Labute approximate surface area is 205 Å². The number of anilines is 2. The summed E-state index contributed by atoms with van der Waals surface area (Å²) in [5.41, 5.74) is 1.59. The average molecular weight is 524 g/mol. The second kappa shape index (κ2) is 10.9. The number of carbonyl (C=O) groups excluding carboxylic acids is 2. The van der Waals surface area contributed by atoms with Crippen molar-refractivity contribution in [3.8, 4) is 0 Å². The van der Waals surface area contributed by atoms with Crippen molar-refractivity contribution in [2.45, 2.75) is 18.9 Å². The predicted molar refractivity (Wildman–Crippen MR) is 133 cm³/mol. The molecule has 0 saturated carbocycles. The summed E-state index contributed by atoms with van der Waals surface area (Å²) in [5, 5.41) is 10.4. The summed E-state index contributed by atoms with van der Waals surface area (Å²) in [6, 6.07) is 12.2. The molecule has 0 radical (unpaired) electrons. The number of Topliss-reactive ketones (excluding diaryl/α,β-unsaturated/α-hetero) is 2. The standard InChI is InChI=1S/C23H29N3O7S2/c1-34(30,31)24-19-7-3-16(4-8-19)22(28)18-11-13-26(14-12-18)15-21(27)23(29)17-5-9-20(10-6-17)25-35(2,32)33/h3-10,18,23-25,29H,11-15H2,1-2H3. The molecule has 3 N–H and O–H groups in total. The molecule has 1 atom stereocenters. The van der Waals surface area contributed by atoms with E-state index in [-0.39, 0.29) is 24.0 Å². The van der Waals surface area contributed by atoms with Gasteiger partial charge >= 0.3 is 0 Å². The monoisotopic (exact) mass is 523 g/mol. The summed E-state index contributed by atoms with van der Waals surface area (Å²) in [4.78, 5) is 27.3. The van der Waals surface area contributed by atoms with Gasteiger partial charge < -0.3 is 5.11 Å². The van der Waals surface area contributed by atoms with Crippen molar-refractivity contribution in [3.63, 3.8) is 0 Å². The zero-order valence-electron chi connectivity index (χ0n) is 19.5. The summed E-state index contributed by atoms with van der Waals surface area (Å²) < 4.78 is 49.9. The van der Waals surface area contributed by atoms with E-state index in [4.69, 9.17) is 0 Å². The van der Waals surface area contributed by atoms with Crippen LogP contribution in [0.1, 0.15) is 34.9 Å². The fraction of sp³-hybridized carbons (Fsp3) is 0.391. The van der Waals surface area contributed by atoms with Gasteiger partial charge in [0, 0.05) is 22.9 Å². The predicted octanol–water partition coefficient (Wildman–Crippen LogP) is 1.63. The second-order valence-electron chi connectivity index (χ2n) is 8.73. The number of ketones is 2. The highest BCUT2D eigenvalue weighted by Gasteiger charge is 2.28. The first-order chi connectivity index (χ1) is 16.3. The third-order valence-corrected chi connectivity index (χ3v) is 6.86. The van der Waals surface area contributed by atoms with E-state index in [9.17, 15) is 31.5 Å². The second-order valence-corrected chi connectivity index (χ2v) is 12.2. The number of nitrogens with zero attached hydrogens (tertiary/aromatic N) is 1. The van der Waals surface area contributed by atoms with Crippen molar-refractivity contribution in [2.75, 3.05) is 41.6 Å². The van der Waals surface area contributed by atoms with Crippen molar-refractivity contribution in [1.29, 1.82) is 0 Å². The van der Waals surface area contributed by atoms with Gasteiger partial charge in [-0.2, -0.15) is 0 Å². The number of carbonyl (C=O) groups is 2. The number of benzene rings is 2. The maximum absolute atomic E-state index is 12.8. The molecule has 1 fully saturated rings. The molecule has 3 rings (SSSR count). The maximum Gasteiger partial charge on any atom is 0.229 e. The molecule has 2 aromatic rings. The van der Waals surface area contributed by atoms with Crippen LogP contribution in [0.3, 0.4) is 0 Å². The summed E-state index contributed by atoms with van der Waals surface area (Å²) in [7, 11) is -6.81. The minimum absolute atomic E-state index is 0.0234. The van der Waals surface area contributed by atoms with Crippen LogP contribution in [0.4, 0.5) is 11.4 Å². The van der Waals surface area contributed by atoms with Gasteiger partial charge in [0.25, 0.3) is 0 Å². The van der Waals surface area contributed by atoms with Crippen molar-refractivity contribution in [2.24, 2.45) is 5.92 Å². The lowest BCUT2D eigenvalue weighted by Gasteiger charge is -2.31. The largest absolute Gasteiger partial charge is 0.380 e. The minimum Gasteiger partial charge on any atom is -0.380 e. The van der Waals surface area contributed by atoms with Crippen LogP contribution in [0, 0.1) is 5.92 Å². The van der Waals surface area contributed by atoms with Gasteiger partial charge in [0.15, 0.2) is 11.6 Å². The molecule has 1 saturated heterocycles. The molecule has 2 aromatic carbocycles. The fourth-order valence-corrected chi connectivity index (χ4v) is 5.07. The number of hydrogen-bond donors (Lipinski definition) is 3. The van der Waals surface area contributed by atoms with Crippen LogP contribution in [-0.2, 0) is 24.8 Å². The maximum atomic E-state index is 12.8. The third-order valence-electron chi connectivity index (χ3n) is 5.65. The SMILES string of the molecule is CS(=O)(=O)Nc1ccc(C(=O)C2CCN(CC(=O)C(O)c3ccc(NS(C)(=O)=O)cc3)CC2)cc1. The van der Waals surface area contributed by atoms with E-state index in [1.54, 1.807) is 24.3 Å². The molecule has 0 bridgehead atoms. The first-order valence-electron chi connectivity index (χ1n) is 10.9. The molecular formula is C23H29N3O7S2. The summed E-state index contributed by atoms with van der Waals surface area (Å²) >= 11 is 0. The van der Waals surface area contributed by atoms with E-state index < -0.39 is 26.2 Å². The Morgan fingerprint density at radius 1 is 0.886 bits per heavy atom. The quantitative estimate of drug-likeness (QED) is 0.398. The first kappa shape index (κ1) is 26.8. The van der Waals surface area contributed by atoms with Crippen LogP contribution >= 0.6 is 0 Å². The molecule has 1 aliphatic rings. The summed E-state index contributed by atoms with van der Waals surface area (Å²) in [6.07, 6.45) is 1.89. The fourth-order valence-electron chi connectivity index (χ4n) is 3.95. The van der Waals surface area contributed by atoms with Gasteiger partial charge in [-0.3, -0.25) is 23.9 Å². The Morgan fingerprint density at radius 2 is 1.34 bits per heavy atom. The Hall–Kier alpha value is -2.80. The van der Waals surface area contributed by atoms with Gasteiger partial charge in [-0.25, -0.2) is 16.8 Å². The Balaban J connectivity index is 1.50. The highest BCUT2D eigenvalue weighted by Crippen LogP contribution is 2.24. The van der Waals surface area contributed by atoms with E-state index in [2.05, 4.69) is 9.44 Å². The van der Waals surface area contributed by atoms with E-state index in [0.29, 0.717) is 48.4 Å².